The van der Waals surface area contributed by atoms with Gasteiger partial charge in [0.15, 0.2) is 0 Å². The number of benzene rings is 1. The maximum Gasteiger partial charge on any atom is 0.0897 e. The summed E-state index contributed by atoms with van der Waals surface area (Å²) in [5.74, 6) is 0. The Labute approximate surface area is 119 Å². The van der Waals surface area contributed by atoms with Crippen LogP contribution in [-0.2, 0) is 11.3 Å². The zero-order valence-corrected chi connectivity index (χ0v) is 12.3. The normalized spacial score (nSPS) is 22.2. The minimum atomic E-state index is -0.455. The number of halogens is 1. The first kappa shape index (κ1) is 14.8. The average Bonchev–Trinajstić information content (AvgIpc) is 2.97. The predicted molar refractivity (Wildman–Crippen MR) is 77.3 cm³/mol. The molecular formula is C15H22ClNO2. The molecule has 19 heavy (non-hydrogen) atoms. The Morgan fingerprint density at radius 2 is 2.05 bits per heavy atom. The number of hydrogen-bond acceptors (Lipinski definition) is 3. The number of hydrogen-bond donors (Lipinski definition) is 2. The lowest BCUT2D eigenvalue weighted by molar-refractivity contribution is 0.0284. The topological polar surface area (TPSA) is 41.5 Å². The molecule has 0 spiro atoms. The third-order valence-corrected chi connectivity index (χ3v) is 3.86. The molecule has 1 aliphatic rings. The zero-order chi connectivity index (χ0) is 13.9. The number of nitrogens with one attached hydrogen (secondary N) is 1. The van der Waals surface area contributed by atoms with Gasteiger partial charge in [-0.1, -0.05) is 37.6 Å². The van der Waals surface area contributed by atoms with Gasteiger partial charge in [0.1, 0.15) is 0 Å². The number of aliphatic hydroxyl groups excluding tert-OH is 1. The first-order valence-electron chi connectivity index (χ1n) is 6.71. The lowest BCUT2D eigenvalue weighted by atomic mass is 10.2. The Morgan fingerprint density at radius 3 is 2.63 bits per heavy atom. The van der Waals surface area contributed by atoms with Gasteiger partial charge < -0.3 is 15.2 Å². The lowest BCUT2D eigenvalue weighted by Crippen LogP contribution is -2.33. The van der Waals surface area contributed by atoms with Gasteiger partial charge in [0.05, 0.1) is 19.3 Å². The van der Waals surface area contributed by atoms with Crippen molar-refractivity contribution in [3.05, 3.63) is 34.9 Å². The molecule has 0 aromatic heterocycles. The van der Waals surface area contributed by atoms with Gasteiger partial charge in [0, 0.05) is 17.6 Å². The van der Waals surface area contributed by atoms with Crippen LogP contribution >= 0.6 is 11.6 Å². The molecule has 106 valence electrons. The Kier molecular flexibility index (Phi) is 4.85. The van der Waals surface area contributed by atoms with E-state index >= 15 is 0 Å². The molecule has 1 aromatic rings. The Balaban J connectivity index is 1.59. The SMILES string of the molecule is CC1(C)CC1NCC(O)COCc1ccc(Cl)cc1. The smallest absolute Gasteiger partial charge is 0.0897 e. The van der Waals surface area contributed by atoms with Crippen molar-refractivity contribution in [2.75, 3.05) is 13.2 Å². The average molecular weight is 284 g/mol. The van der Waals surface area contributed by atoms with Crippen LogP contribution in [0, 0.1) is 5.41 Å². The molecule has 0 amide bonds. The molecule has 0 aliphatic heterocycles. The molecule has 2 atom stereocenters. The van der Waals surface area contributed by atoms with Crippen LogP contribution < -0.4 is 5.32 Å². The van der Waals surface area contributed by atoms with Crippen molar-refractivity contribution in [1.82, 2.24) is 5.32 Å². The molecule has 2 rings (SSSR count). The van der Waals surface area contributed by atoms with Crippen LogP contribution in [-0.4, -0.2) is 30.4 Å². The first-order valence-corrected chi connectivity index (χ1v) is 7.09. The summed E-state index contributed by atoms with van der Waals surface area (Å²) in [5.41, 5.74) is 1.46. The second-order valence-corrected chi connectivity index (χ2v) is 6.39. The Bertz CT molecular complexity index is 405. The second-order valence-electron chi connectivity index (χ2n) is 5.95. The van der Waals surface area contributed by atoms with E-state index in [1.54, 1.807) is 0 Å². The van der Waals surface area contributed by atoms with E-state index in [4.69, 9.17) is 16.3 Å². The molecule has 0 bridgehead atoms. The van der Waals surface area contributed by atoms with Crippen LogP contribution in [0.4, 0.5) is 0 Å². The summed E-state index contributed by atoms with van der Waals surface area (Å²) in [4.78, 5) is 0. The Morgan fingerprint density at radius 1 is 1.42 bits per heavy atom. The Hall–Kier alpha value is -0.610. The summed E-state index contributed by atoms with van der Waals surface area (Å²) in [6, 6.07) is 8.08. The van der Waals surface area contributed by atoms with E-state index in [1.165, 1.54) is 6.42 Å². The molecular weight excluding hydrogens is 262 g/mol. The van der Waals surface area contributed by atoms with E-state index < -0.39 is 6.10 Å². The molecule has 1 aromatic carbocycles. The highest BCUT2D eigenvalue weighted by Crippen LogP contribution is 2.44. The quantitative estimate of drug-likeness (QED) is 0.808. The molecule has 3 nitrogen and oxygen atoms in total. The minimum absolute atomic E-state index is 0.350. The number of aliphatic hydroxyl groups is 1. The van der Waals surface area contributed by atoms with Crippen LogP contribution in [0.3, 0.4) is 0 Å². The summed E-state index contributed by atoms with van der Waals surface area (Å²) in [6.07, 6.45) is 0.731. The predicted octanol–water partition coefficient (Wildman–Crippen LogP) is 2.61. The summed E-state index contributed by atoms with van der Waals surface area (Å²) in [5, 5.41) is 13.9. The standard InChI is InChI=1S/C15H22ClNO2/c1-15(2)7-14(15)17-8-13(18)10-19-9-11-3-5-12(16)6-4-11/h3-6,13-14,17-18H,7-10H2,1-2H3. The van der Waals surface area contributed by atoms with E-state index in [1.807, 2.05) is 24.3 Å². The van der Waals surface area contributed by atoms with Crippen molar-refractivity contribution in [1.29, 1.82) is 0 Å². The van der Waals surface area contributed by atoms with Gasteiger partial charge in [-0.2, -0.15) is 0 Å². The van der Waals surface area contributed by atoms with E-state index in [2.05, 4.69) is 19.2 Å². The van der Waals surface area contributed by atoms with Gasteiger partial charge in [0.2, 0.25) is 0 Å². The minimum Gasteiger partial charge on any atom is -0.389 e. The van der Waals surface area contributed by atoms with E-state index in [9.17, 15) is 5.11 Å². The van der Waals surface area contributed by atoms with Gasteiger partial charge in [-0.25, -0.2) is 0 Å². The van der Waals surface area contributed by atoms with Crippen LogP contribution in [0.15, 0.2) is 24.3 Å². The maximum atomic E-state index is 9.81. The fraction of sp³-hybridized carbons (Fsp3) is 0.600. The highest BCUT2D eigenvalue weighted by Gasteiger charge is 2.45. The molecule has 4 heteroatoms. The number of ether oxygens (including phenoxy) is 1. The lowest BCUT2D eigenvalue weighted by Gasteiger charge is -2.13. The van der Waals surface area contributed by atoms with Crippen LogP contribution in [0.25, 0.3) is 0 Å². The van der Waals surface area contributed by atoms with Gasteiger partial charge in [-0.15, -0.1) is 0 Å². The third kappa shape index (κ3) is 4.77. The van der Waals surface area contributed by atoms with Crippen molar-refractivity contribution in [2.24, 2.45) is 5.41 Å². The molecule has 0 radical (unpaired) electrons. The summed E-state index contributed by atoms with van der Waals surface area (Å²) in [6.45, 7) is 5.91. The molecule has 2 unspecified atom stereocenters. The highest BCUT2D eigenvalue weighted by atomic mass is 35.5. The summed E-state index contributed by atoms with van der Waals surface area (Å²) >= 11 is 5.81. The second kappa shape index (κ2) is 6.23. The van der Waals surface area contributed by atoms with E-state index in [0.717, 1.165) is 10.6 Å². The summed E-state index contributed by atoms with van der Waals surface area (Å²) in [7, 11) is 0. The van der Waals surface area contributed by atoms with Crippen molar-refractivity contribution < 1.29 is 9.84 Å². The van der Waals surface area contributed by atoms with Crippen LogP contribution in [0.5, 0.6) is 0 Å². The van der Waals surface area contributed by atoms with Crippen molar-refractivity contribution in [3.8, 4) is 0 Å². The molecule has 1 saturated carbocycles. The van der Waals surface area contributed by atoms with Crippen molar-refractivity contribution in [3.63, 3.8) is 0 Å². The van der Waals surface area contributed by atoms with Gasteiger partial charge in [0.25, 0.3) is 0 Å². The maximum absolute atomic E-state index is 9.81. The zero-order valence-electron chi connectivity index (χ0n) is 11.5. The van der Waals surface area contributed by atoms with Gasteiger partial charge in [-0.05, 0) is 29.5 Å². The largest absolute Gasteiger partial charge is 0.389 e. The fourth-order valence-electron chi connectivity index (χ4n) is 2.05. The van der Waals surface area contributed by atoms with Crippen LogP contribution in [0.1, 0.15) is 25.8 Å². The fourth-order valence-corrected chi connectivity index (χ4v) is 2.17. The highest BCUT2D eigenvalue weighted by molar-refractivity contribution is 6.30. The molecule has 1 fully saturated rings. The molecule has 0 saturated heterocycles. The van der Waals surface area contributed by atoms with Gasteiger partial charge in [-0.3, -0.25) is 0 Å². The monoisotopic (exact) mass is 283 g/mol. The van der Waals surface area contributed by atoms with Gasteiger partial charge >= 0.3 is 0 Å². The molecule has 1 aliphatic carbocycles. The van der Waals surface area contributed by atoms with E-state index in [-0.39, 0.29) is 0 Å². The molecule has 2 N–H and O–H groups in total. The van der Waals surface area contributed by atoms with Crippen LogP contribution in [0.2, 0.25) is 5.02 Å². The third-order valence-electron chi connectivity index (χ3n) is 3.61. The number of rotatable bonds is 7. The molecule has 0 heterocycles. The summed E-state index contributed by atoms with van der Waals surface area (Å²) < 4.78 is 5.49. The van der Waals surface area contributed by atoms with Crippen molar-refractivity contribution in [2.45, 2.75) is 39.0 Å². The first-order chi connectivity index (χ1) is 8.97. The van der Waals surface area contributed by atoms with E-state index in [0.29, 0.717) is 31.2 Å². The van der Waals surface area contributed by atoms with Crippen molar-refractivity contribution >= 4 is 11.6 Å².